The largest absolute Gasteiger partial charge is 0.377 e. The highest BCUT2D eigenvalue weighted by Gasteiger charge is 2.23. The maximum absolute atomic E-state index is 13.1. The fourth-order valence-electron chi connectivity index (χ4n) is 4.12. The Bertz CT molecular complexity index is 834. The number of halogens is 1. The molecule has 2 aromatic rings. The summed E-state index contributed by atoms with van der Waals surface area (Å²) in [5.41, 5.74) is 5.44. The third-order valence-corrected chi connectivity index (χ3v) is 5.44. The summed E-state index contributed by atoms with van der Waals surface area (Å²) in [6, 6.07) is 10.6. The molecule has 1 fully saturated rings. The fourth-order valence-corrected chi connectivity index (χ4v) is 4.12. The van der Waals surface area contributed by atoms with Gasteiger partial charge in [-0.25, -0.2) is 4.39 Å². The normalized spacial score (nSPS) is 20.6. The number of pyridine rings is 1. The van der Waals surface area contributed by atoms with E-state index in [1.54, 1.807) is 12.1 Å². The minimum atomic E-state index is -0.224. The van der Waals surface area contributed by atoms with E-state index in [9.17, 15) is 4.39 Å². The SMILES string of the molecule is Cc1cc(Nc2ccc(F)cc2)cc([C@H]2CCCN(CC3=CCCOC3)C2)n1. The number of benzene rings is 1. The highest BCUT2D eigenvalue weighted by atomic mass is 19.1. The molecule has 4 rings (SSSR count). The molecule has 0 saturated carbocycles. The Morgan fingerprint density at radius 3 is 2.86 bits per heavy atom. The lowest BCUT2D eigenvalue weighted by atomic mass is 9.93. The van der Waals surface area contributed by atoms with Crippen molar-refractivity contribution < 1.29 is 9.13 Å². The standard InChI is InChI=1S/C23H28FN3O/c1-17-12-22(26-21-8-6-20(24)7-9-21)13-23(25-17)19-5-2-10-27(15-19)14-18-4-3-11-28-16-18/h4,6-9,12-13,19H,2-3,5,10-11,14-16H2,1H3,(H,25,26)/t19-/m0/s1. The minimum Gasteiger partial charge on any atom is -0.377 e. The van der Waals surface area contributed by atoms with Crippen LogP contribution in [0.3, 0.4) is 0 Å². The molecule has 0 spiro atoms. The topological polar surface area (TPSA) is 37.4 Å². The highest BCUT2D eigenvalue weighted by molar-refractivity contribution is 5.60. The van der Waals surface area contributed by atoms with Crippen LogP contribution in [0.2, 0.25) is 0 Å². The van der Waals surface area contributed by atoms with Crippen LogP contribution in [0.15, 0.2) is 48.0 Å². The number of nitrogens with one attached hydrogen (secondary N) is 1. The van der Waals surface area contributed by atoms with Gasteiger partial charge in [-0.1, -0.05) is 6.08 Å². The van der Waals surface area contributed by atoms with Gasteiger partial charge in [0, 0.05) is 41.8 Å². The summed E-state index contributed by atoms with van der Waals surface area (Å²) in [6.07, 6.45) is 5.72. The Labute approximate surface area is 166 Å². The van der Waals surface area contributed by atoms with E-state index in [0.717, 1.165) is 62.0 Å². The zero-order valence-corrected chi connectivity index (χ0v) is 16.5. The van der Waals surface area contributed by atoms with Gasteiger partial charge in [0.2, 0.25) is 0 Å². The second kappa shape index (κ2) is 8.84. The molecule has 1 aromatic heterocycles. The van der Waals surface area contributed by atoms with Crippen molar-refractivity contribution in [2.24, 2.45) is 0 Å². The predicted molar refractivity (Wildman–Crippen MR) is 111 cm³/mol. The summed E-state index contributed by atoms with van der Waals surface area (Å²) in [5, 5.41) is 3.38. The van der Waals surface area contributed by atoms with Crippen molar-refractivity contribution in [2.45, 2.75) is 32.1 Å². The number of likely N-dealkylation sites (tertiary alicyclic amines) is 1. The molecule has 1 saturated heterocycles. The number of nitrogens with zero attached hydrogens (tertiary/aromatic N) is 2. The molecular formula is C23H28FN3O. The second-order valence-corrected chi connectivity index (χ2v) is 7.83. The van der Waals surface area contributed by atoms with Crippen molar-refractivity contribution >= 4 is 11.4 Å². The number of hydrogen-bond donors (Lipinski definition) is 1. The quantitative estimate of drug-likeness (QED) is 0.755. The summed E-state index contributed by atoms with van der Waals surface area (Å²) in [7, 11) is 0. The maximum atomic E-state index is 13.1. The fraction of sp³-hybridized carbons (Fsp3) is 0.435. The number of anilines is 2. The first kappa shape index (κ1) is 19.1. The summed E-state index contributed by atoms with van der Waals surface area (Å²) in [6.45, 7) is 6.83. The van der Waals surface area contributed by atoms with Crippen molar-refractivity contribution in [2.75, 3.05) is 38.2 Å². The Morgan fingerprint density at radius 2 is 2.07 bits per heavy atom. The van der Waals surface area contributed by atoms with Crippen molar-refractivity contribution in [3.05, 3.63) is 65.3 Å². The molecule has 4 nitrogen and oxygen atoms in total. The van der Waals surface area contributed by atoms with E-state index in [0.29, 0.717) is 5.92 Å². The van der Waals surface area contributed by atoms with Gasteiger partial charge in [-0.3, -0.25) is 9.88 Å². The van der Waals surface area contributed by atoms with Crippen LogP contribution in [0.25, 0.3) is 0 Å². The molecule has 1 atom stereocenters. The number of ether oxygens (including phenoxy) is 1. The van der Waals surface area contributed by atoms with E-state index in [2.05, 4.69) is 22.4 Å². The van der Waals surface area contributed by atoms with Crippen molar-refractivity contribution in [1.82, 2.24) is 9.88 Å². The van der Waals surface area contributed by atoms with Gasteiger partial charge in [0.15, 0.2) is 0 Å². The Morgan fingerprint density at radius 1 is 1.21 bits per heavy atom. The summed E-state index contributed by atoms with van der Waals surface area (Å²) in [4.78, 5) is 7.36. The number of hydrogen-bond acceptors (Lipinski definition) is 4. The number of aromatic nitrogens is 1. The monoisotopic (exact) mass is 381 g/mol. The molecule has 5 heteroatoms. The molecule has 3 heterocycles. The van der Waals surface area contributed by atoms with Crippen molar-refractivity contribution in [3.8, 4) is 0 Å². The average Bonchev–Trinajstić information content (AvgIpc) is 2.70. The first-order valence-electron chi connectivity index (χ1n) is 10.1. The first-order chi connectivity index (χ1) is 13.7. The zero-order valence-electron chi connectivity index (χ0n) is 16.5. The third kappa shape index (κ3) is 4.97. The number of piperidine rings is 1. The van der Waals surface area contributed by atoms with Crippen LogP contribution in [0, 0.1) is 12.7 Å². The van der Waals surface area contributed by atoms with Gasteiger partial charge in [0.05, 0.1) is 13.2 Å². The van der Waals surface area contributed by atoms with Gasteiger partial charge in [0.25, 0.3) is 0 Å². The molecule has 2 aliphatic rings. The van der Waals surface area contributed by atoms with Gasteiger partial charge < -0.3 is 10.1 Å². The summed E-state index contributed by atoms with van der Waals surface area (Å²) in [5.74, 6) is 0.213. The summed E-state index contributed by atoms with van der Waals surface area (Å²) >= 11 is 0. The molecule has 2 aliphatic heterocycles. The minimum absolute atomic E-state index is 0.224. The molecule has 0 radical (unpaired) electrons. The zero-order chi connectivity index (χ0) is 19.3. The molecule has 148 valence electrons. The molecule has 28 heavy (non-hydrogen) atoms. The van der Waals surface area contributed by atoms with Gasteiger partial charge in [-0.15, -0.1) is 0 Å². The van der Waals surface area contributed by atoms with Crippen LogP contribution in [0.1, 0.15) is 36.6 Å². The van der Waals surface area contributed by atoms with Gasteiger partial charge >= 0.3 is 0 Å². The van der Waals surface area contributed by atoms with E-state index < -0.39 is 0 Å². The first-order valence-corrected chi connectivity index (χ1v) is 10.1. The molecule has 0 bridgehead atoms. The van der Waals surface area contributed by atoms with E-state index >= 15 is 0 Å². The number of aryl methyl sites for hydroxylation is 1. The number of rotatable bonds is 5. The van der Waals surface area contributed by atoms with Crippen molar-refractivity contribution in [3.63, 3.8) is 0 Å². The van der Waals surface area contributed by atoms with Gasteiger partial charge in [-0.2, -0.15) is 0 Å². The van der Waals surface area contributed by atoms with Crippen LogP contribution in [-0.4, -0.2) is 42.7 Å². The Hall–Kier alpha value is -2.24. The molecule has 0 unspecified atom stereocenters. The molecular weight excluding hydrogens is 353 g/mol. The maximum Gasteiger partial charge on any atom is 0.123 e. The lowest BCUT2D eigenvalue weighted by molar-refractivity contribution is 0.137. The van der Waals surface area contributed by atoms with E-state index in [1.807, 2.05) is 13.0 Å². The predicted octanol–water partition coefficient (Wildman–Crippen LogP) is 4.80. The molecule has 0 aliphatic carbocycles. The highest BCUT2D eigenvalue weighted by Crippen LogP contribution is 2.29. The van der Waals surface area contributed by atoms with E-state index in [-0.39, 0.29) is 5.82 Å². The second-order valence-electron chi connectivity index (χ2n) is 7.83. The lowest BCUT2D eigenvalue weighted by Crippen LogP contribution is -2.37. The van der Waals surface area contributed by atoms with Crippen LogP contribution < -0.4 is 5.32 Å². The van der Waals surface area contributed by atoms with Gasteiger partial charge in [0.1, 0.15) is 5.82 Å². The molecule has 0 amide bonds. The lowest BCUT2D eigenvalue weighted by Gasteiger charge is -2.33. The molecule has 1 N–H and O–H groups in total. The Kier molecular flexibility index (Phi) is 6.03. The average molecular weight is 381 g/mol. The van der Waals surface area contributed by atoms with Crippen LogP contribution >= 0.6 is 0 Å². The molecule has 1 aromatic carbocycles. The van der Waals surface area contributed by atoms with Crippen LogP contribution in [0.5, 0.6) is 0 Å². The Balaban J connectivity index is 1.46. The van der Waals surface area contributed by atoms with Gasteiger partial charge in [-0.05, 0) is 74.7 Å². The summed E-state index contributed by atoms with van der Waals surface area (Å²) < 4.78 is 18.7. The third-order valence-electron chi connectivity index (χ3n) is 5.44. The van der Waals surface area contributed by atoms with E-state index in [1.165, 1.54) is 30.5 Å². The van der Waals surface area contributed by atoms with Crippen LogP contribution in [0.4, 0.5) is 15.8 Å². The van der Waals surface area contributed by atoms with Crippen LogP contribution in [-0.2, 0) is 4.74 Å². The smallest absolute Gasteiger partial charge is 0.123 e. The van der Waals surface area contributed by atoms with Crippen molar-refractivity contribution in [1.29, 1.82) is 0 Å². The van der Waals surface area contributed by atoms with E-state index in [4.69, 9.17) is 9.72 Å².